The van der Waals surface area contributed by atoms with Crippen LogP contribution < -0.4 is 5.32 Å². The lowest BCUT2D eigenvalue weighted by Crippen LogP contribution is -2.10. The predicted octanol–water partition coefficient (Wildman–Crippen LogP) is 2.31. The Morgan fingerprint density at radius 3 is 3.00 bits per heavy atom. The van der Waals surface area contributed by atoms with Gasteiger partial charge in [0.25, 0.3) is 0 Å². The van der Waals surface area contributed by atoms with Crippen molar-refractivity contribution in [1.29, 1.82) is 0 Å². The Kier molecular flexibility index (Phi) is 5.12. The molecule has 6 heteroatoms. The van der Waals surface area contributed by atoms with Crippen molar-refractivity contribution in [1.82, 2.24) is 15.3 Å². The van der Waals surface area contributed by atoms with Crippen LogP contribution in [0.3, 0.4) is 0 Å². The largest absolute Gasteiger partial charge is 0.316 e. The van der Waals surface area contributed by atoms with Crippen LogP contribution in [-0.4, -0.2) is 28.3 Å². The monoisotopic (exact) mass is 265 g/mol. The number of aryl methyl sites for hydroxylation is 1. The molecule has 0 unspecified atom stereocenters. The van der Waals surface area contributed by atoms with Crippen LogP contribution in [0.5, 0.6) is 0 Å². The summed E-state index contributed by atoms with van der Waals surface area (Å²) in [5, 5.41) is 5.25. The Hall–Kier alpha value is -0.0300. The molecule has 15 heavy (non-hydrogen) atoms. The zero-order chi connectivity index (χ0) is 9.97. The summed E-state index contributed by atoms with van der Waals surface area (Å²) in [5.74, 6) is 0. The van der Waals surface area contributed by atoms with Crippen molar-refractivity contribution in [3.63, 3.8) is 0 Å². The average molecular weight is 266 g/mol. The number of hydrogen-bond donors (Lipinski definition) is 1. The van der Waals surface area contributed by atoms with E-state index in [9.17, 15) is 0 Å². The van der Waals surface area contributed by atoms with Crippen molar-refractivity contribution >= 4 is 35.8 Å². The molecule has 3 nitrogen and oxygen atoms in total. The van der Waals surface area contributed by atoms with Crippen molar-refractivity contribution in [3.05, 3.63) is 16.9 Å². The van der Waals surface area contributed by atoms with Gasteiger partial charge in [0.1, 0.15) is 5.15 Å². The smallest absolute Gasteiger partial charge is 0.189 e. The van der Waals surface area contributed by atoms with Gasteiger partial charge in [0.15, 0.2) is 5.16 Å². The van der Waals surface area contributed by atoms with Gasteiger partial charge < -0.3 is 5.32 Å². The van der Waals surface area contributed by atoms with Crippen molar-refractivity contribution in [2.45, 2.75) is 23.8 Å². The van der Waals surface area contributed by atoms with E-state index in [1.807, 2.05) is 6.92 Å². The lowest BCUT2D eigenvalue weighted by atomic mass is 10.4. The van der Waals surface area contributed by atoms with E-state index in [1.54, 1.807) is 18.0 Å². The molecule has 1 atom stereocenters. The summed E-state index contributed by atoms with van der Waals surface area (Å²) in [4.78, 5) is 8.47. The first-order chi connectivity index (χ1) is 6.75. The van der Waals surface area contributed by atoms with E-state index in [4.69, 9.17) is 11.6 Å². The first-order valence-corrected chi connectivity index (χ1v) is 5.88. The number of nitrogens with one attached hydrogen (secondary N) is 1. The SMILES string of the molecule is Cc1cnc(S[C@H]2CCNC2)nc1Cl.Cl. The summed E-state index contributed by atoms with van der Waals surface area (Å²) in [6.07, 6.45) is 2.96. The number of aromatic nitrogens is 2. The predicted molar refractivity (Wildman–Crippen MR) is 66.2 cm³/mol. The molecular formula is C9H13Cl2N3S. The maximum absolute atomic E-state index is 5.92. The van der Waals surface area contributed by atoms with Crippen LogP contribution in [0.25, 0.3) is 0 Å². The van der Waals surface area contributed by atoms with E-state index >= 15 is 0 Å². The molecule has 0 aromatic carbocycles. The van der Waals surface area contributed by atoms with Crippen molar-refractivity contribution in [2.24, 2.45) is 0 Å². The number of rotatable bonds is 2. The second kappa shape index (κ2) is 5.89. The van der Waals surface area contributed by atoms with Crippen LogP contribution in [0.2, 0.25) is 5.15 Å². The molecule has 1 N–H and O–H groups in total. The third-order valence-corrected chi connectivity index (χ3v) is 3.70. The minimum Gasteiger partial charge on any atom is -0.316 e. The molecule has 1 aliphatic heterocycles. The van der Waals surface area contributed by atoms with Gasteiger partial charge in [-0.3, -0.25) is 0 Å². The second-order valence-electron chi connectivity index (χ2n) is 3.36. The molecule has 0 radical (unpaired) electrons. The van der Waals surface area contributed by atoms with Gasteiger partial charge in [-0.05, 0) is 19.9 Å². The molecule has 0 aliphatic carbocycles. The van der Waals surface area contributed by atoms with Crippen LogP contribution in [0.4, 0.5) is 0 Å². The first-order valence-electron chi connectivity index (χ1n) is 4.62. The molecule has 0 saturated carbocycles. The Labute approximate surface area is 105 Å². The molecule has 1 aliphatic rings. The zero-order valence-corrected chi connectivity index (χ0v) is 10.8. The summed E-state index contributed by atoms with van der Waals surface area (Å²) in [6, 6.07) is 0. The highest BCUT2D eigenvalue weighted by atomic mass is 35.5. The van der Waals surface area contributed by atoms with Crippen molar-refractivity contribution in [2.75, 3.05) is 13.1 Å². The fraction of sp³-hybridized carbons (Fsp3) is 0.556. The Morgan fingerprint density at radius 1 is 1.60 bits per heavy atom. The molecular weight excluding hydrogens is 253 g/mol. The summed E-state index contributed by atoms with van der Waals surface area (Å²) < 4.78 is 0. The second-order valence-corrected chi connectivity index (χ2v) is 4.98. The Morgan fingerprint density at radius 2 is 2.40 bits per heavy atom. The van der Waals surface area contributed by atoms with Crippen LogP contribution in [0.15, 0.2) is 11.4 Å². The Balaban J connectivity index is 0.00000112. The van der Waals surface area contributed by atoms with Crippen molar-refractivity contribution < 1.29 is 0 Å². The molecule has 0 bridgehead atoms. The highest BCUT2D eigenvalue weighted by Crippen LogP contribution is 2.25. The first kappa shape index (κ1) is 13.0. The molecule has 2 heterocycles. The maximum Gasteiger partial charge on any atom is 0.189 e. The van der Waals surface area contributed by atoms with E-state index < -0.39 is 0 Å². The lowest BCUT2D eigenvalue weighted by molar-refractivity contribution is 0.857. The number of thioether (sulfide) groups is 1. The van der Waals surface area contributed by atoms with Crippen LogP contribution in [-0.2, 0) is 0 Å². The van der Waals surface area contributed by atoms with Crippen molar-refractivity contribution in [3.8, 4) is 0 Å². The van der Waals surface area contributed by atoms with Gasteiger partial charge >= 0.3 is 0 Å². The van der Waals surface area contributed by atoms with Crippen LogP contribution in [0, 0.1) is 6.92 Å². The van der Waals surface area contributed by atoms with E-state index in [1.165, 1.54) is 6.42 Å². The third kappa shape index (κ3) is 3.48. The molecule has 1 aromatic heterocycles. The van der Waals surface area contributed by atoms with Gasteiger partial charge in [-0.15, -0.1) is 12.4 Å². The fourth-order valence-corrected chi connectivity index (χ4v) is 2.51. The van der Waals surface area contributed by atoms with Gasteiger partial charge in [0.2, 0.25) is 0 Å². The van der Waals surface area contributed by atoms with Gasteiger partial charge in [0, 0.05) is 23.6 Å². The minimum absolute atomic E-state index is 0. The van der Waals surface area contributed by atoms with Gasteiger partial charge in [-0.1, -0.05) is 23.4 Å². The molecule has 84 valence electrons. The molecule has 1 saturated heterocycles. The quantitative estimate of drug-likeness (QED) is 0.658. The molecule has 1 aromatic rings. The highest BCUT2D eigenvalue weighted by molar-refractivity contribution is 7.99. The summed E-state index contributed by atoms with van der Waals surface area (Å²) in [7, 11) is 0. The highest BCUT2D eigenvalue weighted by Gasteiger charge is 2.17. The van der Waals surface area contributed by atoms with E-state index in [0.29, 0.717) is 10.4 Å². The Bertz CT molecular complexity index is 329. The topological polar surface area (TPSA) is 37.8 Å². The molecule has 1 fully saturated rings. The fourth-order valence-electron chi connectivity index (χ4n) is 1.34. The standard InChI is InChI=1S/C9H12ClN3S.ClH/c1-6-4-12-9(13-8(6)10)14-7-2-3-11-5-7;/h4,7,11H,2-3,5H2,1H3;1H/t7-;/m0./s1. The van der Waals surface area contributed by atoms with Gasteiger partial charge in [-0.25, -0.2) is 9.97 Å². The normalized spacial score (nSPS) is 20.0. The van der Waals surface area contributed by atoms with E-state index in [2.05, 4.69) is 15.3 Å². The molecule has 2 rings (SSSR count). The maximum atomic E-state index is 5.92. The summed E-state index contributed by atoms with van der Waals surface area (Å²) in [5.41, 5.74) is 0.931. The minimum atomic E-state index is 0. The average Bonchev–Trinajstić information content (AvgIpc) is 2.64. The summed E-state index contributed by atoms with van der Waals surface area (Å²) in [6.45, 7) is 4.05. The number of hydrogen-bond acceptors (Lipinski definition) is 4. The summed E-state index contributed by atoms with van der Waals surface area (Å²) >= 11 is 7.62. The van der Waals surface area contributed by atoms with E-state index in [-0.39, 0.29) is 12.4 Å². The van der Waals surface area contributed by atoms with E-state index in [0.717, 1.165) is 23.8 Å². The van der Waals surface area contributed by atoms with Gasteiger partial charge in [-0.2, -0.15) is 0 Å². The number of nitrogens with zero attached hydrogens (tertiary/aromatic N) is 2. The lowest BCUT2D eigenvalue weighted by Gasteiger charge is -2.06. The van der Waals surface area contributed by atoms with Crippen LogP contribution in [0.1, 0.15) is 12.0 Å². The van der Waals surface area contributed by atoms with Gasteiger partial charge in [0.05, 0.1) is 0 Å². The number of halogens is 2. The zero-order valence-electron chi connectivity index (χ0n) is 8.36. The molecule has 0 spiro atoms. The molecule has 0 amide bonds. The third-order valence-electron chi connectivity index (χ3n) is 2.18. The van der Waals surface area contributed by atoms with Crippen LogP contribution >= 0.6 is 35.8 Å².